The minimum absolute atomic E-state index is 0.174. The Morgan fingerprint density at radius 1 is 1.33 bits per heavy atom. The van der Waals surface area contributed by atoms with Crippen molar-refractivity contribution in [2.24, 2.45) is 5.92 Å². The molecule has 0 aromatic carbocycles. The molecule has 12 heavy (non-hydrogen) atoms. The maximum atomic E-state index is 10.7. The SMILES string of the molecule is CC(=O)CC/C(=C/C=O)C(C)C. The number of allylic oxidation sites excluding steroid dienone is 2. The van der Waals surface area contributed by atoms with Crippen LogP contribution in [0.15, 0.2) is 11.6 Å². The molecule has 0 N–H and O–H groups in total. The van der Waals surface area contributed by atoms with Crippen molar-refractivity contribution in [1.29, 1.82) is 0 Å². The minimum atomic E-state index is 0.174. The van der Waals surface area contributed by atoms with Gasteiger partial charge in [-0.1, -0.05) is 19.4 Å². The normalized spacial score (nSPS) is 11.8. The Hall–Kier alpha value is -0.920. The van der Waals surface area contributed by atoms with E-state index in [-0.39, 0.29) is 5.78 Å². The lowest BCUT2D eigenvalue weighted by Gasteiger charge is -2.08. The van der Waals surface area contributed by atoms with Crippen LogP contribution in [0.25, 0.3) is 0 Å². The summed E-state index contributed by atoms with van der Waals surface area (Å²) in [5.41, 5.74) is 1.06. The van der Waals surface area contributed by atoms with Crippen LogP contribution in [0.2, 0.25) is 0 Å². The van der Waals surface area contributed by atoms with Crippen molar-refractivity contribution in [3.63, 3.8) is 0 Å². The largest absolute Gasteiger partial charge is 0.300 e. The molecule has 0 saturated heterocycles. The number of carbonyl (C=O) groups is 2. The van der Waals surface area contributed by atoms with E-state index in [9.17, 15) is 9.59 Å². The first-order chi connectivity index (χ1) is 5.57. The number of hydrogen-bond acceptors (Lipinski definition) is 2. The van der Waals surface area contributed by atoms with Gasteiger partial charge >= 0.3 is 0 Å². The number of Topliss-reactive ketones (excluding diaryl/α,β-unsaturated/α-hetero) is 1. The minimum Gasteiger partial charge on any atom is -0.300 e. The van der Waals surface area contributed by atoms with E-state index in [1.54, 1.807) is 13.0 Å². The summed E-state index contributed by atoms with van der Waals surface area (Å²) in [6.07, 6.45) is 3.60. The van der Waals surface area contributed by atoms with Crippen LogP contribution >= 0.6 is 0 Å². The monoisotopic (exact) mass is 168 g/mol. The Labute approximate surface area is 73.7 Å². The highest BCUT2D eigenvalue weighted by Gasteiger charge is 2.03. The van der Waals surface area contributed by atoms with Crippen LogP contribution in [-0.2, 0) is 9.59 Å². The zero-order valence-electron chi connectivity index (χ0n) is 7.96. The first-order valence-electron chi connectivity index (χ1n) is 4.21. The van der Waals surface area contributed by atoms with E-state index in [2.05, 4.69) is 0 Å². The van der Waals surface area contributed by atoms with Crippen LogP contribution in [0.3, 0.4) is 0 Å². The number of hydrogen-bond donors (Lipinski definition) is 0. The average Bonchev–Trinajstić information content (AvgIpc) is 1.96. The number of aldehydes is 1. The topological polar surface area (TPSA) is 34.1 Å². The smallest absolute Gasteiger partial charge is 0.142 e. The van der Waals surface area contributed by atoms with E-state index >= 15 is 0 Å². The number of carbonyl (C=O) groups excluding carboxylic acids is 2. The zero-order valence-corrected chi connectivity index (χ0v) is 7.96. The maximum Gasteiger partial charge on any atom is 0.142 e. The maximum absolute atomic E-state index is 10.7. The third kappa shape index (κ3) is 4.83. The Kier molecular flexibility index (Phi) is 5.26. The fourth-order valence-electron chi connectivity index (χ4n) is 0.972. The molecule has 0 aliphatic rings. The van der Waals surface area contributed by atoms with Gasteiger partial charge < -0.3 is 4.79 Å². The molecule has 0 heterocycles. The quantitative estimate of drug-likeness (QED) is 0.465. The fourth-order valence-corrected chi connectivity index (χ4v) is 0.972. The lowest BCUT2D eigenvalue weighted by molar-refractivity contribution is -0.117. The van der Waals surface area contributed by atoms with Gasteiger partial charge in [-0.15, -0.1) is 0 Å². The van der Waals surface area contributed by atoms with E-state index in [4.69, 9.17) is 0 Å². The fraction of sp³-hybridized carbons (Fsp3) is 0.600. The van der Waals surface area contributed by atoms with Gasteiger partial charge in [0.2, 0.25) is 0 Å². The molecule has 0 aromatic rings. The van der Waals surface area contributed by atoms with Crippen molar-refractivity contribution in [3.05, 3.63) is 11.6 Å². The molecule has 0 aliphatic heterocycles. The van der Waals surface area contributed by atoms with Gasteiger partial charge in [0.15, 0.2) is 0 Å². The van der Waals surface area contributed by atoms with Gasteiger partial charge in [-0.2, -0.15) is 0 Å². The molecule has 0 bridgehead atoms. The molecule has 0 saturated carbocycles. The van der Waals surface area contributed by atoms with Crippen LogP contribution in [-0.4, -0.2) is 12.1 Å². The Morgan fingerprint density at radius 2 is 1.92 bits per heavy atom. The molecule has 0 atom stereocenters. The van der Waals surface area contributed by atoms with Crippen molar-refractivity contribution in [3.8, 4) is 0 Å². The van der Waals surface area contributed by atoms with Crippen molar-refractivity contribution >= 4 is 12.1 Å². The van der Waals surface area contributed by atoms with Crippen molar-refractivity contribution in [1.82, 2.24) is 0 Å². The molecule has 2 nitrogen and oxygen atoms in total. The molecule has 0 fully saturated rings. The van der Waals surface area contributed by atoms with Gasteiger partial charge in [0, 0.05) is 6.42 Å². The number of rotatable bonds is 5. The average molecular weight is 168 g/mol. The lowest BCUT2D eigenvalue weighted by Crippen LogP contribution is -1.98. The van der Waals surface area contributed by atoms with Gasteiger partial charge in [0.25, 0.3) is 0 Å². The Balaban J connectivity index is 4.05. The van der Waals surface area contributed by atoms with Gasteiger partial charge in [0.05, 0.1) is 0 Å². The predicted octanol–water partition coefficient (Wildman–Crippen LogP) is 2.14. The van der Waals surface area contributed by atoms with E-state index < -0.39 is 0 Å². The van der Waals surface area contributed by atoms with Crippen molar-refractivity contribution < 1.29 is 9.59 Å². The summed E-state index contributed by atoms with van der Waals surface area (Å²) < 4.78 is 0. The Morgan fingerprint density at radius 3 is 2.25 bits per heavy atom. The van der Waals surface area contributed by atoms with Gasteiger partial charge in [-0.05, 0) is 25.3 Å². The molecule has 0 spiro atoms. The van der Waals surface area contributed by atoms with Crippen LogP contribution < -0.4 is 0 Å². The van der Waals surface area contributed by atoms with E-state index in [0.717, 1.165) is 11.9 Å². The molecule has 0 rings (SSSR count). The highest BCUT2D eigenvalue weighted by molar-refractivity contribution is 5.76. The van der Waals surface area contributed by atoms with Crippen molar-refractivity contribution in [2.45, 2.75) is 33.6 Å². The van der Waals surface area contributed by atoms with Gasteiger partial charge in [-0.25, -0.2) is 0 Å². The van der Waals surface area contributed by atoms with E-state index in [1.807, 2.05) is 13.8 Å². The molecule has 68 valence electrons. The molecular formula is C10H16O2. The molecule has 2 heteroatoms. The summed E-state index contributed by atoms with van der Waals surface area (Å²) in [6.45, 7) is 5.61. The first kappa shape index (κ1) is 11.1. The molecule has 0 radical (unpaired) electrons. The van der Waals surface area contributed by atoms with Crippen LogP contribution in [0, 0.1) is 5.92 Å². The number of ketones is 1. The molecule has 0 unspecified atom stereocenters. The van der Waals surface area contributed by atoms with Crippen LogP contribution in [0.1, 0.15) is 33.6 Å². The van der Waals surface area contributed by atoms with E-state index in [0.29, 0.717) is 18.8 Å². The molecular weight excluding hydrogens is 152 g/mol. The third-order valence-corrected chi connectivity index (χ3v) is 1.79. The highest BCUT2D eigenvalue weighted by atomic mass is 16.1. The Bertz CT molecular complexity index is 190. The second-order valence-corrected chi connectivity index (χ2v) is 3.23. The second-order valence-electron chi connectivity index (χ2n) is 3.23. The second kappa shape index (κ2) is 5.70. The van der Waals surface area contributed by atoms with Gasteiger partial charge in [0.1, 0.15) is 12.1 Å². The summed E-state index contributed by atoms with van der Waals surface area (Å²) in [4.78, 5) is 20.9. The summed E-state index contributed by atoms with van der Waals surface area (Å²) >= 11 is 0. The van der Waals surface area contributed by atoms with Gasteiger partial charge in [-0.3, -0.25) is 4.79 Å². The molecule has 0 aliphatic carbocycles. The zero-order chi connectivity index (χ0) is 9.56. The van der Waals surface area contributed by atoms with Crippen LogP contribution in [0.4, 0.5) is 0 Å². The van der Waals surface area contributed by atoms with E-state index in [1.165, 1.54) is 0 Å². The summed E-state index contributed by atoms with van der Waals surface area (Å²) in [7, 11) is 0. The summed E-state index contributed by atoms with van der Waals surface area (Å²) in [6, 6.07) is 0. The highest BCUT2D eigenvalue weighted by Crippen LogP contribution is 2.14. The lowest BCUT2D eigenvalue weighted by atomic mass is 9.97. The first-order valence-corrected chi connectivity index (χ1v) is 4.21. The summed E-state index contributed by atoms with van der Waals surface area (Å²) in [5, 5.41) is 0. The molecule has 0 amide bonds. The standard InChI is InChI=1S/C10H16O2/c1-8(2)10(6-7-11)5-4-9(3)12/h6-8H,4-5H2,1-3H3/b10-6-. The summed E-state index contributed by atoms with van der Waals surface area (Å²) in [5.74, 6) is 0.530. The third-order valence-electron chi connectivity index (χ3n) is 1.79. The van der Waals surface area contributed by atoms with Crippen molar-refractivity contribution in [2.75, 3.05) is 0 Å². The van der Waals surface area contributed by atoms with Crippen LogP contribution in [0.5, 0.6) is 0 Å². The molecule has 0 aromatic heterocycles. The predicted molar refractivity (Wildman–Crippen MR) is 48.9 cm³/mol.